The lowest BCUT2D eigenvalue weighted by Gasteiger charge is -2.36. The number of hydrogen-bond acceptors (Lipinski definition) is 4. The molecular formula is C15H17ClN2O5. The molecule has 1 fully saturated rings. The van der Waals surface area contributed by atoms with Crippen LogP contribution in [-0.4, -0.2) is 39.4 Å². The summed E-state index contributed by atoms with van der Waals surface area (Å²) in [6.45, 7) is 2.35. The quantitative estimate of drug-likeness (QED) is 0.670. The minimum absolute atomic E-state index is 0.0744. The number of likely N-dealkylation sites (tertiary alicyclic amines) is 1. The molecule has 1 aliphatic rings. The maximum absolute atomic E-state index is 12.4. The number of rotatable bonds is 4. The number of nitrogens with zero attached hydrogens (tertiary/aromatic N) is 2. The highest BCUT2D eigenvalue weighted by atomic mass is 35.5. The summed E-state index contributed by atoms with van der Waals surface area (Å²) in [7, 11) is 0. The molecule has 0 radical (unpaired) electrons. The summed E-state index contributed by atoms with van der Waals surface area (Å²) in [6.07, 6.45) is 1.10. The Morgan fingerprint density at radius 2 is 2.17 bits per heavy atom. The molecule has 2 unspecified atom stereocenters. The van der Waals surface area contributed by atoms with E-state index in [0.29, 0.717) is 18.5 Å². The van der Waals surface area contributed by atoms with Crippen molar-refractivity contribution in [3.8, 4) is 0 Å². The maximum atomic E-state index is 12.4. The summed E-state index contributed by atoms with van der Waals surface area (Å²) in [5.74, 6) is -1.09. The van der Waals surface area contributed by atoms with Crippen molar-refractivity contribution in [2.45, 2.75) is 32.2 Å². The summed E-state index contributed by atoms with van der Waals surface area (Å²) in [6, 6.07) is 3.07. The predicted octanol–water partition coefficient (Wildman–Crippen LogP) is 2.50. The summed E-state index contributed by atoms with van der Waals surface area (Å²) in [5, 5.41) is 20.1. The van der Waals surface area contributed by atoms with E-state index in [0.717, 1.165) is 6.42 Å². The molecule has 0 aliphatic carbocycles. The van der Waals surface area contributed by atoms with E-state index in [1.807, 2.05) is 6.92 Å². The Bertz CT molecular complexity index is 649. The van der Waals surface area contributed by atoms with Crippen LogP contribution >= 0.6 is 11.6 Å². The number of hydrogen-bond donors (Lipinski definition) is 1. The average Bonchev–Trinajstić information content (AvgIpc) is 2.48. The summed E-state index contributed by atoms with van der Waals surface area (Å²) >= 11 is 5.99. The molecule has 7 nitrogen and oxygen atoms in total. The summed E-state index contributed by atoms with van der Waals surface area (Å²) in [4.78, 5) is 35.3. The molecule has 0 aromatic heterocycles. The molecule has 1 N–H and O–H groups in total. The molecule has 8 heteroatoms. The third-order valence-corrected chi connectivity index (χ3v) is 4.41. The van der Waals surface area contributed by atoms with Crippen LogP contribution < -0.4 is 0 Å². The fourth-order valence-electron chi connectivity index (χ4n) is 2.73. The monoisotopic (exact) mass is 340 g/mol. The average molecular weight is 341 g/mol. The highest BCUT2D eigenvalue weighted by Crippen LogP contribution is 2.26. The summed E-state index contributed by atoms with van der Waals surface area (Å²) in [5.41, 5.74) is 0.298. The van der Waals surface area contributed by atoms with E-state index >= 15 is 0 Å². The van der Waals surface area contributed by atoms with Crippen LogP contribution in [0.4, 0.5) is 5.69 Å². The van der Waals surface area contributed by atoms with Gasteiger partial charge in [-0.15, -0.1) is 0 Å². The molecule has 1 amide bonds. The van der Waals surface area contributed by atoms with Crippen molar-refractivity contribution in [1.29, 1.82) is 0 Å². The van der Waals surface area contributed by atoms with Gasteiger partial charge in [-0.05, 0) is 24.3 Å². The van der Waals surface area contributed by atoms with Gasteiger partial charge >= 0.3 is 5.97 Å². The highest BCUT2D eigenvalue weighted by molar-refractivity contribution is 6.31. The fraction of sp³-hybridized carbons (Fsp3) is 0.467. The first-order valence-corrected chi connectivity index (χ1v) is 7.62. The zero-order chi connectivity index (χ0) is 17.1. The highest BCUT2D eigenvalue weighted by Gasteiger charge is 2.34. The van der Waals surface area contributed by atoms with Gasteiger partial charge in [0.2, 0.25) is 5.91 Å². The molecule has 1 heterocycles. The number of nitro benzene ring substituents is 1. The van der Waals surface area contributed by atoms with Gasteiger partial charge in [-0.2, -0.15) is 0 Å². The lowest BCUT2D eigenvalue weighted by molar-refractivity contribution is -0.384. The second-order valence-electron chi connectivity index (χ2n) is 5.78. The van der Waals surface area contributed by atoms with Gasteiger partial charge in [0, 0.05) is 18.7 Å². The molecular weight excluding hydrogens is 324 g/mol. The molecule has 0 saturated carbocycles. The lowest BCUT2D eigenvalue weighted by Crippen LogP contribution is -2.50. The largest absolute Gasteiger partial charge is 0.480 e. The van der Waals surface area contributed by atoms with Crippen LogP contribution in [0, 0.1) is 16.0 Å². The van der Waals surface area contributed by atoms with E-state index in [9.17, 15) is 24.8 Å². The number of halogens is 1. The van der Waals surface area contributed by atoms with Crippen LogP contribution in [0.15, 0.2) is 18.2 Å². The number of nitro groups is 1. The molecule has 1 aromatic rings. The van der Waals surface area contributed by atoms with Crippen molar-refractivity contribution < 1.29 is 19.6 Å². The smallest absolute Gasteiger partial charge is 0.326 e. The fourth-order valence-corrected chi connectivity index (χ4v) is 2.97. The molecule has 2 rings (SSSR count). The van der Waals surface area contributed by atoms with E-state index in [1.165, 1.54) is 23.1 Å². The van der Waals surface area contributed by atoms with Crippen LogP contribution in [0.5, 0.6) is 0 Å². The maximum Gasteiger partial charge on any atom is 0.326 e. The van der Waals surface area contributed by atoms with Gasteiger partial charge in [0.1, 0.15) is 6.04 Å². The number of benzene rings is 1. The molecule has 1 aromatic carbocycles. The van der Waals surface area contributed by atoms with Gasteiger partial charge in [-0.1, -0.05) is 24.6 Å². The van der Waals surface area contributed by atoms with Crippen molar-refractivity contribution >= 4 is 29.2 Å². The predicted molar refractivity (Wildman–Crippen MR) is 83.3 cm³/mol. The van der Waals surface area contributed by atoms with Crippen LogP contribution in [-0.2, 0) is 16.0 Å². The number of aliphatic carboxylic acids is 1. The van der Waals surface area contributed by atoms with Crippen molar-refractivity contribution in [1.82, 2.24) is 4.90 Å². The van der Waals surface area contributed by atoms with Gasteiger partial charge in [-0.3, -0.25) is 14.9 Å². The van der Waals surface area contributed by atoms with E-state index in [4.69, 9.17) is 11.6 Å². The number of non-ortho nitro benzene ring substituents is 1. The van der Waals surface area contributed by atoms with Crippen molar-refractivity contribution in [3.63, 3.8) is 0 Å². The topological polar surface area (TPSA) is 101 Å². The standard InChI is InChI=1S/C15H17ClN2O5/c1-9-4-5-17(13(6-9)15(20)21)14(19)7-10-2-3-11(18(22)23)8-12(10)16/h2-3,8-9,13H,4-7H2,1H3,(H,20,21). The minimum atomic E-state index is -1.01. The van der Waals surface area contributed by atoms with E-state index in [2.05, 4.69) is 0 Å². The molecule has 1 aliphatic heterocycles. The van der Waals surface area contributed by atoms with Crippen LogP contribution in [0.25, 0.3) is 0 Å². The van der Waals surface area contributed by atoms with Crippen molar-refractivity contribution in [2.75, 3.05) is 6.54 Å². The second kappa shape index (κ2) is 6.95. The molecule has 0 bridgehead atoms. The normalized spacial score (nSPS) is 21.0. The van der Waals surface area contributed by atoms with E-state index < -0.39 is 16.9 Å². The number of amides is 1. The van der Waals surface area contributed by atoms with Crippen molar-refractivity contribution in [3.05, 3.63) is 38.9 Å². The zero-order valence-electron chi connectivity index (χ0n) is 12.6. The molecule has 23 heavy (non-hydrogen) atoms. The number of carboxylic acids is 1. The Morgan fingerprint density at radius 1 is 1.48 bits per heavy atom. The third kappa shape index (κ3) is 3.98. The van der Waals surface area contributed by atoms with Gasteiger partial charge in [-0.25, -0.2) is 4.79 Å². The molecule has 2 atom stereocenters. The minimum Gasteiger partial charge on any atom is -0.480 e. The second-order valence-corrected chi connectivity index (χ2v) is 6.19. The summed E-state index contributed by atoms with van der Waals surface area (Å²) < 4.78 is 0. The Balaban J connectivity index is 2.14. The number of carboxylic acid groups (broad SMARTS) is 1. The van der Waals surface area contributed by atoms with Gasteiger partial charge in [0.25, 0.3) is 5.69 Å². The first-order valence-electron chi connectivity index (χ1n) is 7.24. The Hall–Kier alpha value is -2.15. The Kier molecular flexibility index (Phi) is 5.20. The van der Waals surface area contributed by atoms with Crippen LogP contribution in [0.2, 0.25) is 5.02 Å². The molecule has 0 spiro atoms. The molecule has 1 saturated heterocycles. The Morgan fingerprint density at radius 3 is 2.74 bits per heavy atom. The lowest BCUT2D eigenvalue weighted by atomic mass is 9.92. The van der Waals surface area contributed by atoms with Crippen LogP contribution in [0.3, 0.4) is 0 Å². The van der Waals surface area contributed by atoms with Gasteiger partial charge in [0.15, 0.2) is 0 Å². The van der Waals surface area contributed by atoms with E-state index in [-0.39, 0.29) is 29.0 Å². The number of carbonyl (C=O) groups excluding carboxylic acids is 1. The SMILES string of the molecule is CC1CCN(C(=O)Cc2ccc([N+](=O)[O-])cc2Cl)C(C(=O)O)C1. The van der Waals surface area contributed by atoms with Gasteiger partial charge < -0.3 is 10.0 Å². The molecule has 124 valence electrons. The zero-order valence-corrected chi connectivity index (χ0v) is 13.3. The van der Waals surface area contributed by atoms with Crippen LogP contribution in [0.1, 0.15) is 25.3 Å². The van der Waals surface area contributed by atoms with E-state index in [1.54, 1.807) is 0 Å². The number of piperidine rings is 1. The first kappa shape index (κ1) is 17.2. The van der Waals surface area contributed by atoms with Gasteiger partial charge in [0.05, 0.1) is 16.4 Å². The third-order valence-electron chi connectivity index (χ3n) is 4.06. The van der Waals surface area contributed by atoms with Crippen molar-refractivity contribution in [2.24, 2.45) is 5.92 Å². The Labute approximate surface area is 138 Å². The number of carbonyl (C=O) groups is 2. The first-order chi connectivity index (χ1) is 10.8.